The topological polar surface area (TPSA) is 38.5 Å². The van der Waals surface area contributed by atoms with E-state index in [1.165, 1.54) is 25.7 Å². The number of piperidine rings is 1. The average molecular weight is 182 g/mol. The van der Waals surface area contributed by atoms with Crippen molar-refractivity contribution in [3.8, 4) is 0 Å². The van der Waals surface area contributed by atoms with Crippen molar-refractivity contribution in [2.45, 2.75) is 49.9 Å². The first kappa shape index (κ1) is 8.21. The van der Waals surface area contributed by atoms with E-state index in [0.717, 1.165) is 31.3 Å². The summed E-state index contributed by atoms with van der Waals surface area (Å²) in [6.45, 7) is 1.92. The molecule has 2 atom stereocenters. The van der Waals surface area contributed by atoms with Gasteiger partial charge in [-0.15, -0.1) is 0 Å². The highest BCUT2D eigenvalue weighted by molar-refractivity contribution is 5.00. The maximum absolute atomic E-state index is 6.02. The van der Waals surface area contributed by atoms with Crippen LogP contribution in [-0.2, 0) is 4.74 Å². The lowest BCUT2D eigenvalue weighted by Crippen LogP contribution is -2.58. The first-order valence-corrected chi connectivity index (χ1v) is 5.45. The van der Waals surface area contributed by atoms with Crippen LogP contribution in [0.1, 0.15) is 25.7 Å². The summed E-state index contributed by atoms with van der Waals surface area (Å²) >= 11 is 0. The molecule has 2 unspecified atom stereocenters. The summed E-state index contributed by atoms with van der Waals surface area (Å²) < 4.78 is 5.27. The average Bonchev–Trinajstić information content (AvgIpc) is 2.30. The number of rotatable bonds is 1. The summed E-state index contributed by atoms with van der Waals surface area (Å²) in [6, 6.07) is 2.75. The first-order chi connectivity index (χ1) is 6.34. The van der Waals surface area contributed by atoms with Gasteiger partial charge in [-0.05, 0) is 25.7 Å². The Bertz CT molecular complexity index is 191. The second-order valence-electron chi connectivity index (χ2n) is 4.75. The number of hydrogen-bond donors (Lipinski definition) is 1. The molecule has 0 spiro atoms. The van der Waals surface area contributed by atoms with Gasteiger partial charge in [-0.25, -0.2) is 0 Å². The lowest BCUT2D eigenvalue weighted by Gasteiger charge is -2.46. The maximum atomic E-state index is 6.02. The molecule has 0 aliphatic carbocycles. The molecule has 3 aliphatic heterocycles. The van der Waals surface area contributed by atoms with Gasteiger partial charge in [-0.2, -0.15) is 0 Å². The van der Waals surface area contributed by atoms with E-state index in [4.69, 9.17) is 10.5 Å². The Balaban J connectivity index is 1.74. The molecule has 2 bridgehead atoms. The Kier molecular flexibility index (Phi) is 1.86. The molecule has 3 aliphatic rings. The second-order valence-corrected chi connectivity index (χ2v) is 4.75. The number of ether oxygens (including phenoxy) is 1. The Morgan fingerprint density at radius 2 is 1.62 bits per heavy atom. The molecule has 2 N–H and O–H groups in total. The fraction of sp³-hybridized carbons (Fsp3) is 1.00. The van der Waals surface area contributed by atoms with E-state index in [1.807, 2.05) is 0 Å². The van der Waals surface area contributed by atoms with Crippen molar-refractivity contribution in [1.82, 2.24) is 4.90 Å². The van der Waals surface area contributed by atoms with Crippen LogP contribution in [0, 0.1) is 0 Å². The summed E-state index contributed by atoms with van der Waals surface area (Å²) in [6.07, 6.45) is 5.17. The molecule has 3 rings (SSSR count). The predicted molar refractivity (Wildman–Crippen MR) is 50.5 cm³/mol. The van der Waals surface area contributed by atoms with Gasteiger partial charge in [0.2, 0.25) is 0 Å². The van der Waals surface area contributed by atoms with E-state index in [-0.39, 0.29) is 0 Å². The van der Waals surface area contributed by atoms with E-state index in [1.54, 1.807) is 0 Å². The first-order valence-electron chi connectivity index (χ1n) is 5.45. The van der Waals surface area contributed by atoms with E-state index in [2.05, 4.69) is 4.90 Å². The van der Waals surface area contributed by atoms with Crippen molar-refractivity contribution in [3.05, 3.63) is 0 Å². The highest BCUT2D eigenvalue weighted by Crippen LogP contribution is 2.37. The molecule has 3 nitrogen and oxygen atoms in total. The second kappa shape index (κ2) is 2.94. The van der Waals surface area contributed by atoms with Crippen LogP contribution in [0.2, 0.25) is 0 Å². The molecule has 3 heterocycles. The normalized spacial score (nSPS) is 46.4. The minimum absolute atomic E-state index is 0.467. The van der Waals surface area contributed by atoms with Gasteiger partial charge in [0, 0.05) is 18.1 Å². The highest BCUT2D eigenvalue weighted by Gasteiger charge is 2.44. The van der Waals surface area contributed by atoms with Crippen molar-refractivity contribution in [3.63, 3.8) is 0 Å². The number of fused-ring (bicyclic) bond motifs is 2. The molecule has 13 heavy (non-hydrogen) atoms. The van der Waals surface area contributed by atoms with Gasteiger partial charge in [0.25, 0.3) is 0 Å². The van der Waals surface area contributed by atoms with E-state index < -0.39 is 0 Å². The van der Waals surface area contributed by atoms with Gasteiger partial charge in [0.05, 0.1) is 19.3 Å². The van der Waals surface area contributed by atoms with Crippen molar-refractivity contribution in [2.75, 3.05) is 13.2 Å². The predicted octanol–water partition coefficient (Wildman–Crippen LogP) is 0.339. The third kappa shape index (κ3) is 1.22. The van der Waals surface area contributed by atoms with Gasteiger partial charge in [0.15, 0.2) is 0 Å². The van der Waals surface area contributed by atoms with E-state index >= 15 is 0 Å². The van der Waals surface area contributed by atoms with Crippen LogP contribution in [0.5, 0.6) is 0 Å². The largest absolute Gasteiger partial charge is 0.378 e. The molecular formula is C10H18N2O. The Hall–Kier alpha value is -0.120. The lowest BCUT2D eigenvalue weighted by atomic mass is 9.96. The highest BCUT2D eigenvalue weighted by atomic mass is 16.5. The van der Waals surface area contributed by atoms with E-state index in [9.17, 15) is 0 Å². The molecular weight excluding hydrogens is 164 g/mol. The van der Waals surface area contributed by atoms with Gasteiger partial charge >= 0.3 is 0 Å². The zero-order valence-electron chi connectivity index (χ0n) is 7.98. The van der Waals surface area contributed by atoms with Gasteiger partial charge < -0.3 is 10.5 Å². The third-order valence-corrected chi connectivity index (χ3v) is 3.87. The summed E-state index contributed by atoms with van der Waals surface area (Å²) in [5.74, 6) is 0. The standard InChI is InChI=1S/C10H18N2O/c11-7-3-8-1-2-9(4-7)12(8)10-5-13-6-10/h7-10H,1-6,11H2. The molecule has 3 saturated heterocycles. The summed E-state index contributed by atoms with van der Waals surface area (Å²) in [5.41, 5.74) is 6.02. The molecule has 0 aromatic carbocycles. The van der Waals surface area contributed by atoms with Crippen LogP contribution >= 0.6 is 0 Å². The summed E-state index contributed by atoms with van der Waals surface area (Å²) in [5, 5.41) is 0. The fourth-order valence-electron chi connectivity index (χ4n) is 3.25. The molecule has 3 heteroatoms. The summed E-state index contributed by atoms with van der Waals surface area (Å²) in [7, 11) is 0. The Labute approximate surface area is 79.2 Å². The zero-order valence-corrected chi connectivity index (χ0v) is 7.98. The van der Waals surface area contributed by atoms with E-state index in [0.29, 0.717) is 6.04 Å². The van der Waals surface area contributed by atoms with Gasteiger partial charge in [-0.1, -0.05) is 0 Å². The number of nitrogens with two attached hydrogens (primary N) is 1. The van der Waals surface area contributed by atoms with Crippen molar-refractivity contribution >= 4 is 0 Å². The molecule has 0 aromatic heterocycles. The number of hydrogen-bond acceptors (Lipinski definition) is 3. The van der Waals surface area contributed by atoms with Gasteiger partial charge in [0.1, 0.15) is 0 Å². The van der Waals surface area contributed by atoms with Crippen LogP contribution < -0.4 is 5.73 Å². The summed E-state index contributed by atoms with van der Waals surface area (Å²) in [4.78, 5) is 2.70. The Morgan fingerprint density at radius 3 is 2.08 bits per heavy atom. The number of nitrogens with zero attached hydrogens (tertiary/aromatic N) is 1. The SMILES string of the molecule is NC1CC2CCC(C1)N2C1COC1. The monoisotopic (exact) mass is 182 g/mol. The van der Waals surface area contributed by atoms with Crippen LogP contribution in [-0.4, -0.2) is 42.3 Å². The van der Waals surface area contributed by atoms with Crippen LogP contribution in [0.15, 0.2) is 0 Å². The molecule has 0 radical (unpaired) electrons. The van der Waals surface area contributed by atoms with Crippen molar-refractivity contribution < 1.29 is 4.74 Å². The molecule has 0 aromatic rings. The zero-order chi connectivity index (χ0) is 8.84. The maximum Gasteiger partial charge on any atom is 0.0645 e. The fourth-order valence-corrected chi connectivity index (χ4v) is 3.25. The molecule has 0 amide bonds. The molecule has 0 saturated carbocycles. The smallest absolute Gasteiger partial charge is 0.0645 e. The van der Waals surface area contributed by atoms with Crippen LogP contribution in [0.4, 0.5) is 0 Å². The molecule has 74 valence electrons. The minimum atomic E-state index is 0.467. The molecule has 3 fully saturated rings. The van der Waals surface area contributed by atoms with Crippen LogP contribution in [0.3, 0.4) is 0 Å². The van der Waals surface area contributed by atoms with Crippen LogP contribution in [0.25, 0.3) is 0 Å². The quantitative estimate of drug-likeness (QED) is 0.635. The van der Waals surface area contributed by atoms with Gasteiger partial charge in [-0.3, -0.25) is 4.90 Å². The third-order valence-electron chi connectivity index (χ3n) is 3.87. The Morgan fingerprint density at radius 1 is 1.00 bits per heavy atom. The lowest BCUT2D eigenvalue weighted by molar-refractivity contribution is -0.0924. The van der Waals surface area contributed by atoms with Crippen molar-refractivity contribution in [2.24, 2.45) is 5.73 Å². The van der Waals surface area contributed by atoms with Crippen molar-refractivity contribution in [1.29, 1.82) is 0 Å². The minimum Gasteiger partial charge on any atom is -0.378 e.